The van der Waals surface area contributed by atoms with Gasteiger partial charge in [-0.05, 0) is 6.07 Å². The Morgan fingerprint density at radius 2 is 1.80 bits per heavy atom. The van der Waals surface area contributed by atoms with E-state index in [2.05, 4.69) is 36.0 Å². The van der Waals surface area contributed by atoms with Gasteiger partial charge in [-0.3, -0.25) is 14.0 Å². The number of amides is 2. The number of aromatic nitrogens is 6. The van der Waals surface area contributed by atoms with Gasteiger partial charge in [-0.1, -0.05) is 30.3 Å². The summed E-state index contributed by atoms with van der Waals surface area (Å²) < 4.78 is 6.78. The van der Waals surface area contributed by atoms with Crippen LogP contribution in [0.2, 0.25) is 0 Å². The van der Waals surface area contributed by atoms with E-state index in [0.29, 0.717) is 19.0 Å². The zero-order chi connectivity index (χ0) is 20.5. The molecule has 0 aliphatic carbocycles. The number of carbonyl (C=O) groups excluding carboxylic acids is 2. The summed E-state index contributed by atoms with van der Waals surface area (Å²) in [6.07, 6.45) is 3.60. The van der Waals surface area contributed by atoms with Gasteiger partial charge in [0.25, 0.3) is 11.8 Å². The predicted molar refractivity (Wildman–Crippen MR) is 105 cm³/mol. The summed E-state index contributed by atoms with van der Waals surface area (Å²) >= 11 is 0. The van der Waals surface area contributed by atoms with Crippen molar-refractivity contribution < 1.29 is 14.3 Å². The van der Waals surface area contributed by atoms with Gasteiger partial charge in [0.2, 0.25) is 5.78 Å². The number of nitrogens with one attached hydrogen (secondary N) is 3. The number of fused-ring (bicyclic) bond motifs is 1. The molecule has 0 spiro atoms. The number of nitrogens with zero attached hydrogens (tertiary/aromatic N) is 5. The van der Waals surface area contributed by atoms with Crippen LogP contribution < -0.4 is 10.6 Å². The van der Waals surface area contributed by atoms with E-state index in [1.165, 1.54) is 0 Å². The van der Waals surface area contributed by atoms with Crippen LogP contribution in [0.25, 0.3) is 17.0 Å². The lowest BCUT2D eigenvalue weighted by Crippen LogP contribution is -2.49. The van der Waals surface area contributed by atoms with Gasteiger partial charge in [-0.25, -0.2) is 4.98 Å². The van der Waals surface area contributed by atoms with E-state index < -0.39 is 11.8 Å². The monoisotopic (exact) mass is 404 g/mol. The van der Waals surface area contributed by atoms with Crippen LogP contribution in [-0.4, -0.2) is 60.8 Å². The highest BCUT2D eigenvalue weighted by Gasteiger charge is 2.27. The predicted octanol–water partition coefficient (Wildman–Crippen LogP) is 0.895. The topological polar surface area (TPSA) is 139 Å². The van der Waals surface area contributed by atoms with E-state index in [-0.39, 0.29) is 23.2 Å². The fourth-order valence-corrected chi connectivity index (χ4v) is 2.99. The standard InChI is InChI=1S/C19H16N8O3/c28-17(20-12-9-30-10-12)15-16(25-26-24-15)18(29)22-14-6-7-27-8-13(21-19(27)23-14)11-4-2-1-3-5-11/h1-8,12H,9-10H2,(H,20,28)(H,24,25,26)(H,21,22,23,29). The van der Waals surface area contributed by atoms with Crippen molar-refractivity contribution in [3.05, 3.63) is 60.2 Å². The fraction of sp³-hybridized carbons (Fsp3) is 0.158. The first-order valence-electron chi connectivity index (χ1n) is 9.19. The molecular formula is C19H16N8O3. The van der Waals surface area contributed by atoms with Crippen molar-refractivity contribution in [3.8, 4) is 11.3 Å². The summed E-state index contributed by atoms with van der Waals surface area (Å²) in [5.41, 5.74) is 1.51. The molecule has 11 heteroatoms. The molecule has 0 unspecified atom stereocenters. The molecule has 150 valence electrons. The molecule has 1 fully saturated rings. The van der Waals surface area contributed by atoms with Crippen LogP contribution in [0, 0.1) is 0 Å². The van der Waals surface area contributed by atoms with Crippen LogP contribution in [0.4, 0.5) is 5.82 Å². The van der Waals surface area contributed by atoms with Gasteiger partial charge in [0, 0.05) is 18.0 Å². The highest BCUT2D eigenvalue weighted by Crippen LogP contribution is 2.19. The normalized spacial score (nSPS) is 13.7. The van der Waals surface area contributed by atoms with Crippen molar-refractivity contribution in [1.82, 2.24) is 35.1 Å². The highest BCUT2D eigenvalue weighted by atomic mass is 16.5. The molecule has 3 aromatic heterocycles. The van der Waals surface area contributed by atoms with Crippen molar-refractivity contribution in [2.75, 3.05) is 18.5 Å². The molecule has 0 saturated carbocycles. The third-order valence-electron chi connectivity index (χ3n) is 4.59. The summed E-state index contributed by atoms with van der Waals surface area (Å²) in [7, 11) is 0. The van der Waals surface area contributed by atoms with Gasteiger partial charge in [0.15, 0.2) is 11.4 Å². The van der Waals surface area contributed by atoms with E-state index in [1.807, 2.05) is 36.5 Å². The van der Waals surface area contributed by atoms with Gasteiger partial charge < -0.3 is 15.4 Å². The molecule has 3 N–H and O–H groups in total. The SMILES string of the molecule is O=C(Nc1ccn2cc(-c3ccccc3)nc2n1)c1n[nH]nc1C(=O)NC1COC1. The Bertz CT molecular complexity index is 1230. The van der Waals surface area contributed by atoms with Crippen LogP contribution in [0.1, 0.15) is 21.0 Å². The Labute approximate surface area is 169 Å². The zero-order valence-corrected chi connectivity index (χ0v) is 15.6. The van der Waals surface area contributed by atoms with Gasteiger partial charge in [-0.15, -0.1) is 10.2 Å². The molecule has 0 atom stereocenters. The molecular weight excluding hydrogens is 388 g/mol. The van der Waals surface area contributed by atoms with Gasteiger partial charge in [-0.2, -0.15) is 10.2 Å². The lowest BCUT2D eigenvalue weighted by atomic mass is 10.2. The van der Waals surface area contributed by atoms with Gasteiger partial charge in [0.1, 0.15) is 5.82 Å². The van der Waals surface area contributed by atoms with Crippen molar-refractivity contribution >= 4 is 23.4 Å². The van der Waals surface area contributed by atoms with Crippen molar-refractivity contribution in [3.63, 3.8) is 0 Å². The number of carbonyl (C=O) groups is 2. The molecule has 5 rings (SSSR count). The maximum absolute atomic E-state index is 12.6. The molecule has 1 aliphatic heterocycles. The first kappa shape index (κ1) is 17.9. The minimum Gasteiger partial charge on any atom is -0.377 e. The lowest BCUT2D eigenvalue weighted by molar-refractivity contribution is -0.00356. The Balaban J connectivity index is 1.35. The van der Waals surface area contributed by atoms with E-state index >= 15 is 0 Å². The number of benzene rings is 1. The number of H-pyrrole nitrogens is 1. The van der Waals surface area contributed by atoms with Crippen molar-refractivity contribution in [1.29, 1.82) is 0 Å². The third kappa shape index (κ3) is 3.37. The second kappa shape index (κ2) is 7.37. The molecule has 30 heavy (non-hydrogen) atoms. The Morgan fingerprint density at radius 3 is 2.53 bits per heavy atom. The summed E-state index contributed by atoms with van der Waals surface area (Å²) in [5.74, 6) is -0.397. The van der Waals surface area contributed by atoms with E-state index in [9.17, 15) is 9.59 Å². The smallest absolute Gasteiger partial charge is 0.279 e. The largest absolute Gasteiger partial charge is 0.377 e. The van der Waals surface area contributed by atoms with Crippen LogP contribution in [-0.2, 0) is 4.74 Å². The lowest BCUT2D eigenvalue weighted by Gasteiger charge is -2.26. The molecule has 0 radical (unpaired) electrons. The second-order valence-electron chi connectivity index (χ2n) is 6.70. The molecule has 1 aromatic carbocycles. The highest BCUT2D eigenvalue weighted by molar-refractivity contribution is 6.09. The molecule has 4 aromatic rings. The molecule has 4 heterocycles. The average Bonchev–Trinajstić information content (AvgIpc) is 3.38. The van der Waals surface area contributed by atoms with E-state index in [1.54, 1.807) is 16.7 Å². The van der Waals surface area contributed by atoms with Gasteiger partial charge in [0.05, 0.1) is 24.9 Å². The maximum atomic E-state index is 12.6. The average molecular weight is 404 g/mol. The molecule has 0 bridgehead atoms. The molecule has 1 aliphatic rings. The fourth-order valence-electron chi connectivity index (χ4n) is 2.99. The van der Waals surface area contributed by atoms with E-state index in [4.69, 9.17) is 4.74 Å². The minimum atomic E-state index is -0.606. The third-order valence-corrected chi connectivity index (χ3v) is 4.59. The first-order chi connectivity index (χ1) is 14.7. The summed E-state index contributed by atoms with van der Waals surface area (Å²) in [6.45, 7) is 0.870. The number of rotatable bonds is 5. The minimum absolute atomic E-state index is 0.0894. The number of imidazole rings is 1. The molecule has 2 amide bonds. The Morgan fingerprint density at radius 1 is 1.03 bits per heavy atom. The number of anilines is 1. The number of hydrogen-bond donors (Lipinski definition) is 3. The zero-order valence-electron chi connectivity index (χ0n) is 15.6. The van der Waals surface area contributed by atoms with Crippen molar-refractivity contribution in [2.45, 2.75) is 6.04 Å². The number of aromatic amines is 1. The summed E-state index contributed by atoms with van der Waals surface area (Å²) in [5, 5.41) is 15.3. The van der Waals surface area contributed by atoms with E-state index in [0.717, 1.165) is 11.3 Å². The first-order valence-corrected chi connectivity index (χ1v) is 9.19. The molecule has 11 nitrogen and oxygen atoms in total. The maximum Gasteiger partial charge on any atom is 0.279 e. The quantitative estimate of drug-likeness (QED) is 0.449. The summed E-state index contributed by atoms with van der Waals surface area (Å²) in [4.78, 5) is 33.8. The van der Waals surface area contributed by atoms with Crippen LogP contribution in [0.5, 0.6) is 0 Å². The van der Waals surface area contributed by atoms with Gasteiger partial charge >= 0.3 is 0 Å². The second-order valence-corrected chi connectivity index (χ2v) is 6.70. The Hall–Kier alpha value is -4.12. The summed E-state index contributed by atoms with van der Waals surface area (Å²) in [6, 6.07) is 11.3. The van der Waals surface area contributed by atoms with Crippen LogP contribution in [0.3, 0.4) is 0 Å². The van der Waals surface area contributed by atoms with Crippen LogP contribution in [0.15, 0.2) is 48.8 Å². The molecule has 1 saturated heterocycles. The Kier molecular flexibility index (Phi) is 4.41. The van der Waals surface area contributed by atoms with Crippen LogP contribution >= 0.6 is 0 Å². The number of hydrogen-bond acceptors (Lipinski definition) is 7. The number of ether oxygens (including phenoxy) is 1. The van der Waals surface area contributed by atoms with Crippen molar-refractivity contribution in [2.24, 2.45) is 0 Å².